The van der Waals surface area contributed by atoms with E-state index in [1.807, 2.05) is 30.3 Å². The molecule has 0 aliphatic rings. The molecule has 0 fully saturated rings. The molecule has 2 aromatic carbocycles. The lowest BCUT2D eigenvalue weighted by atomic mass is 10.0. The van der Waals surface area contributed by atoms with Gasteiger partial charge in [-0.15, -0.1) is 0 Å². The van der Waals surface area contributed by atoms with Crippen LogP contribution in [0.2, 0.25) is 0 Å². The van der Waals surface area contributed by atoms with Crippen LogP contribution < -0.4 is 5.32 Å². The molecule has 0 unspecified atom stereocenters. The van der Waals surface area contributed by atoms with Crippen molar-refractivity contribution in [2.24, 2.45) is 0 Å². The first-order valence-corrected chi connectivity index (χ1v) is 10.8. The monoisotopic (exact) mass is 476 g/mol. The van der Waals surface area contributed by atoms with Gasteiger partial charge in [0.05, 0.1) is 16.6 Å². The van der Waals surface area contributed by atoms with E-state index in [-0.39, 0.29) is 17.9 Å². The van der Waals surface area contributed by atoms with Gasteiger partial charge in [-0.2, -0.15) is 13.2 Å². The van der Waals surface area contributed by atoms with E-state index in [2.05, 4.69) is 20.3 Å². The van der Waals surface area contributed by atoms with Crippen molar-refractivity contribution in [1.29, 1.82) is 0 Å². The van der Waals surface area contributed by atoms with Crippen molar-refractivity contribution in [3.63, 3.8) is 0 Å². The largest absolute Gasteiger partial charge is 0.434 e. The normalized spacial score (nSPS) is 11.8. The zero-order chi connectivity index (χ0) is 24.6. The minimum absolute atomic E-state index is 0.0633. The van der Waals surface area contributed by atoms with Crippen molar-refractivity contribution in [1.82, 2.24) is 20.3 Å². The number of hydrogen-bond acceptors (Lipinski definition) is 5. The van der Waals surface area contributed by atoms with E-state index in [4.69, 9.17) is 4.42 Å². The number of nitrogens with zero attached hydrogens (tertiary/aromatic N) is 3. The minimum Gasteiger partial charge on any atom is -0.434 e. The number of rotatable bonds is 5. The maximum absolute atomic E-state index is 13.2. The van der Waals surface area contributed by atoms with Gasteiger partial charge in [-0.25, -0.2) is 15.0 Å². The van der Waals surface area contributed by atoms with Gasteiger partial charge in [-0.3, -0.25) is 4.79 Å². The molecule has 0 aliphatic heterocycles. The molecule has 0 atom stereocenters. The van der Waals surface area contributed by atoms with Gasteiger partial charge < -0.3 is 9.73 Å². The van der Waals surface area contributed by atoms with E-state index in [0.717, 1.165) is 11.6 Å². The lowest BCUT2D eigenvalue weighted by Crippen LogP contribution is -2.26. The highest BCUT2D eigenvalue weighted by molar-refractivity contribution is 6.03. The summed E-state index contributed by atoms with van der Waals surface area (Å²) in [5.41, 5.74) is 2.44. The number of nitrogens with one attached hydrogen (secondary N) is 1. The molecule has 0 aliphatic carbocycles. The molecule has 5 aromatic rings. The van der Waals surface area contributed by atoms with Crippen molar-refractivity contribution in [2.75, 3.05) is 0 Å². The van der Waals surface area contributed by atoms with E-state index in [1.165, 1.54) is 13.0 Å². The Labute approximate surface area is 197 Å². The van der Waals surface area contributed by atoms with Gasteiger partial charge in [0, 0.05) is 19.2 Å². The summed E-state index contributed by atoms with van der Waals surface area (Å²) in [6.07, 6.45) is -2.48. The van der Waals surface area contributed by atoms with Gasteiger partial charge in [0.25, 0.3) is 5.91 Å². The summed E-state index contributed by atoms with van der Waals surface area (Å²) in [4.78, 5) is 26.1. The van der Waals surface area contributed by atoms with Crippen molar-refractivity contribution >= 4 is 28.1 Å². The van der Waals surface area contributed by atoms with Crippen LogP contribution in [0, 0.1) is 6.92 Å². The topological polar surface area (TPSA) is 80.9 Å². The fourth-order valence-corrected chi connectivity index (χ4v) is 3.98. The quantitative estimate of drug-likeness (QED) is 0.356. The number of benzene rings is 2. The number of furan rings is 1. The number of amides is 1. The van der Waals surface area contributed by atoms with Crippen LogP contribution in [0.1, 0.15) is 38.6 Å². The second-order valence-electron chi connectivity index (χ2n) is 8.06. The van der Waals surface area contributed by atoms with Crippen LogP contribution >= 0.6 is 0 Å². The lowest BCUT2D eigenvalue weighted by Gasteiger charge is -2.14. The molecule has 6 nitrogen and oxygen atoms in total. The summed E-state index contributed by atoms with van der Waals surface area (Å²) in [5, 5.41) is 3.29. The SMILES string of the molecule is Cc1c(CNC(=O)c2nc(Cc3ccccc3)c3oc4ncccc4c3n2)cccc1C(F)(F)F. The zero-order valence-corrected chi connectivity index (χ0v) is 18.6. The molecule has 0 radical (unpaired) electrons. The van der Waals surface area contributed by atoms with E-state index < -0.39 is 17.6 Å². The summed E-state index contributed by atoms with van der Waals surface area (Å²) in [6, 6.07) is 17.0. The Hall–Kier alpha value is -4.27. The Bertz CT molecular complexity index is 1550. The third-order valence-corrected chi connectivity index (χ3v) is 5.77. The fraction of sp³-hybridized carbons (Fsp3) is 0.154. The molecule has 176 valence electrons. The number of alkyl halides is 3. The van der Waals surface area contributed by atoms with Gasteiger partial charge in [0.1, 0.15) is 5.52 Å². The Balaban J connectivity index is 1.50. The number of carbonyl (C=O) groups is 1. The molecule has 5 rings (SSSR count). The van der Waals surface area contributed by atoms with Crippen molar-refractivity contribution in [3.05, 3.63) is 101 Å². The molecular formula is C26H19F3N4O2. The van der Waals surface area contributed by atoms with Crippen molar-refractivity contribution < 1.29 is 22.4 Å². The van der Waals surface area contributed by atoms with Crippen LogP contribution in [0.3, 0.4) is 0 Å². The first-order chi connectivity index (χ1) is 16.8. The third kappa shape index (κ3) is 4.44. The summed E-state index contributed by atoms with van der Waals surface area (Å²) < 4.78 is 45.6. The maximum atomic E-state index is 13.2. The van der Waals surface area contributed by atoms with Crippen LogP contribution in [0.4, 0.5) is 13.2 Å². The van der Waals surface area contributed by atoms with Crippen LogP contribution in [-0.4, -0.2) is 20.9 Å². The zero-order valence-electron chi connectivity index (χ0n) is 18.6. The van der Waals surface area contributed by atoms with Crippen LogP contribution in [0.15, 0.2) is 71.3 Å². The second kappa shape index (κ2) is 8.83. The Kier molecular flexibility index (Phi) is 5.68. The summed E-state index contributed by atoms with van der Waals surface area (Å²) in [6.45, 7) is 1.28. The lowest BCUT2D eigenvalue weighted by molar-refractivity contribution is -0.138. The average Bonchev–Trinajstić information content (AvgIpc) is 3.22. The molecule has 1 amide bonds. The smallest absolute Gasteiger partial charge is 0.416 e. The molecule has 3 heterocycles. The van der Waals surface area contributed by atoms with E-state index in [1.54, 1.807) is 24.4 Å². The highest BCUT2D eigenvalue weighted by atomic mass is 19.4. The Morgan fingerprint density at radius 1 is 1.00 bits per heavy atom. The number of halogens is 3. The first kappa shape index (κ1) is 22.5. The maximum Gasteiger partial charge on any atom is 0.416 e. The van der Waals surface area contributed by atoms with Crippen LogP contribution in [0.25, 0.3) is 22.2 Å². The van der Waals surface area contributed by atoms with Crippen LogP contribution in [0.5, 0.6) is 0 Å². The minimum atomic E-state index is -4.47. The highest BCUT2D eigenvalue weighted by Gasteiger charge is 2.32. The molecule has 1 N–H and O–H groups in total. The third-order valence-electron chi connectivity index (χ3n) is 5.77. The summed E-state index contributed by atoms with van der Waals surface area (Å²) >= 11 is 0. The van der Waals surface area contributed by atoms with Gasteiger partial charge in [-0.05, 0) is 41.8 Å². The standard InChI is InChI=1S/C26H19F3N4O2/c1-15-17(9-5-11-19(15)26(27,28)29)14-31-24(34)23-32-20(13-16-7-3-2-4-8-16)22-21(33-23)18-10-6-12-30-25(18)35-22/h2-12H,13-14H2,1H3,(H,31,34). The van der Waals surface area contributed by atoms with Gasteiger partial charge in [-0.1, -0.05) is 42.5 Å². The predicted octanol–water partition coefficient (Wildman–Crippen LogP) is 5.62. The molecule has 0 bridgehead atoms. The van der Waals surface area contributed by atoms with Crippen molar-refractivity contribution in [2.45, 2.75) is 26.1 Å². The van der Waals surface area contributed by atoms with E-state index in [0.29, 0.717) is 39.9 Å². The molecular weight excluding hydrogens is 457 g/mol. The Morgan fingerprint density at radius 2 is 1.80 bits per heavy atom. The van der Waals surface area contributed by atoms with Crippen molar-refractivity contribution in [3.8, 4) is 0 Å². The number of fused-ring (bicyclic) bond motifs is 3. The summed E-state index contributed by atoms with van der Waals surface area (Å²) in [7, 11) is 0. The average molecular weight is 476 g/mol. The first-order valence-electron chi connectivity index (χ1n) is 10.8. The summed E-state index contributed by atoms with van der Waals surface area (Å²) in [5.74, 6) is -0.698. The molecule has 9 heteroatoms. The number of aromatic nitrogens is 3. The molecule has 0 spiro atoms. The number of hydrogen-bond donors (Lipinski definition) is 1. The van der Waals surface area contributed by atoms with Gasteiger partial charge in [0.2, 0.25) is 11.5 Å². The molecule has 3 aromatic heterocycles. The van der Waals surface area contributed by atoms with E-state index in [9.17, 15) is 18.0 Å². The number of pyridine rings is 1. The molecule has 0 saturated carbocycles. The van der Waals surface area contributed by atoms with E-state index >= 15 is 0 Å². The molecule has 35 heavy (non-hydrogen) atoms. The number of carbonyl (C=O) groups excluding carboxylic acids is 1. The molecule has 0 saturated heterocycles. The highest BCUT2D eigenvalue weighted by Crippen LogP contribution is 2.33. The second-order valence-corrected chi connectivity index (χ2v) is 8.06. The fourth-order valence-electron chi connectivity index (χ4n) is 3.98. The predicted molar refractivity (Wildman–Crippen MR) is 124 cm³/mol. The van der Waals surface area contributed by atoms with Gasteiger partial charge in [0.15, 0.2) is 5.58 Å². The van der Waals surface area contributed by atoms with Crippen LogP contribution in [-0.2, 0) is 19.1 Å². The van der Waals surface area contributed by atoms with Gasteiger partial charge >= 0.3 is 6.18 Å². The Morgan fingerprint density at radius 3 is 2.57 bits per heavy atom.